The summed E-state index contributed by atoms with van der Waals surface area (Å²) in [5, 5.41) is 8.72. The maximum absolute atomic E-state index is 13.1. The van der Waals surface area contributed by atoms with E-state index in [9.17, 15) is 4.39 Å². The third kappa shape index (κ3) is 2.39. The van der Waals surface area contributed by atoms with Gasteiger partial charge in [-0.2, -0.15) is 0 Å². The third-order valence-corrected chi connectivity index (χ3v) is 1.73. The maximum Gasteiger partial charge on any atom is 0.173 e. The molecule has 0 bridgehead atoms. The van der Waals surface area contributed by atoms with Crippen molar-refractivity contribution in [1.82, 2.24) is 4.98 Å². The van der Waals surface area contributed by atoms with E-state index in [1.54, 1.807) is 4.90 Å². The van der Waals surface area contributed by atoms with Crippen LogP contribution in [-0.2, 0) is 0 Å². The minimum Gasteiger partial charge on any atom is -0.395 e. The molecule has 0 saturated carbocycles. The van der Waals surface area contributed by atoms with E-state index in [-0.39, 0.29) is 12.4 Å². The predicted octanol–water partition coefficient (Wildman–Crippen LogP) is 0.839. The summed E-state index contributed by atoms with van der Waals surface area (Å²) in [4.78, 5) is 5.54. The topological polar surface area (TPSA) is 36.4 Å². The lowest BCUT2D eigenvalue weighted by Gasteiger charge is -2.20. The number of nitrogens with zero attached hydrogens (tertiary/aromatic N) is 2. The van der Waals surface area contributed by atoms with Gasteiger partial charge in [-0.05, 0) is 13.0 Å². The van der Waals surface area contributed by atoms with Gasteiger partial charge in [-0.3, -0.25) is 0 Å². The zero-order valence-corrected chi connectivity index (χ0v) is 7.50. The molecular formula is C9H12FN2O. The molecule has 1 radical (unpaired) electrons. The molecule has 0 atom stereocenters. The largest absolute Gasteiger partial charge is 0.395 e. The summed E-state index contributed by atoms with van der Waals surface area (Å²) in [5.74, 6) is -0.225. The van der Waals surface area contributed by atoms with Crippen LogP contribution in [0, 0.1) is 11.9 Å². The van der Waals surface area contributed by atoms with Crippen LogP contribution in [0.25, 0.3) is 0 Å². The Kier molecular flexibility index (Phi) is 3.64. The smallest absolute Gasteiger partial charge is 0.173 e. The van der Waals surface area contributed by atoms with Crippen LogP contribution in [0.1, 0.15) is 6.92 Å². The zero-order valence-electron chi connectivity index (χ0n) is 7.50. The van der Waals surface area contributed by atoms with Crippen molar-refractivity contribution in [1.29, 1.82) is 0 Å². The molecule has 1 rings (SSSR count). The first-order valence-electron chi connectivity index (χ1n) is 4.17. The summed E-state index contributed by atoms with van der Waals surface area (Å²) >= 11 is 0. The van der Waals surface area contributed by atoms with E-state index in [0.29, 0.717) is 13.1 Å². The fraction of sp³-hybridized carbons (Fsp3) is 0.444. The van der Waals surface area contributed by atoms with E-state index in [0.717, 1.165) is 0 Å². The van der Waals surface area contributed by atoms with Gasteiger partial charge in [-0.1, -0.05) is 0 Å². The average molecular weight is 183 g/mol. The van der Waals surface area contributed by atoms with E-state index >= 15 is 0 Å². The molecule has 1 heterocycles. The second kappa shape index (κ2) is 4.77. The normalized spacial score (nSPS) is 10.1. The molecule has 0 aliphatic carbocycles. The highest BCUT2D eigenvalue weighted by Crippen LogP contribution is 2.13. The Morgan fingerprint density at radius 3 is 3.00 bits per heavy atom. The third-order valence-electron chi connectivity index (χ3n) is 1.73. The van der Waals surface area contributed by atoms with Gasteiger partial charge in [-0.25, -0.2) is 9.37 Å². The highest BCUT2D eigenvalue weighted by atomic mass is 19.1. The lowest BCUT2D eigenvalue weighted by molar-refractivity contribution is 0.301. The van der Waals surface area contributed by atoms with Crippen LogP contribution < -0.4 is 4.90 Å². The van der Waals surface area contributed by atoms with Gasteiger partial charge < -0.3 is 10.0 Å². The summed E-state index contributed by atoms with van der Waals surface area (Å²) in [5.41, 5.74) is 0. The number of aliphatic hydroxyl groups is 1. The molecule has 0 aliphatic heterocycles. The zero-order chi connectivity index (χ0) is 9.68. The van der Waals surface area contributed by atoms with Gasteiger partial charge in [-0.15, -0.1) is 0 Å². The molecule has 1 aromatic rings. The lowest BCUT2D eigenvalue weighted by Crippen LogP contribution is -2.27. The van der Waals surface area contributed by atoms with Crippen molar-refractivity contribution in [3.05, 3.63) is 24.1 Å². The van der Waals surface area contributed by atoms with Crippen LogP contribution >= 0.6 is 0 Å². The monoisotopic (exact) mass is 183 g/mol. The summed E-state index contributed by atoms with van der Waals surface area (Å²) in [6, 6.07) is 3.84. The van der Waals surface area contributed by atoms with Crippen molar-refractivity contribution < 1.29 is 9.50 Å². The number of pyridine rings is 1. The Hall–Kier alpha value is -1.16. The van der Waals surface area contributed by atoms with E-state index in [2.05, 4.69) is 11.1 Å². The van der Waals surface area contributed by atoms with Crippen molar-refractivity contribution in [2.75, 3.05) is 24.6 Å². The Morgan fingerprint density at radius 1 is 1.69 bits per heavy atom. The molecule has 3 nitrogen and oxygen atoms in total. The second-order valence-corrected chi connectivity index (χ2v) is 2.53. The molecule has 0 spiro atoms. The van der Waals surface area contributed by atoms with Crippen LogP contribution in [0.15, 0.2) is 12.3 Å². The van der Waals surface area contributed by atoms with Crippen molar-refractivity contribution >= 4 is 5.82 Å². The van der Waals surface area contributed by atoms with Crippen LogP contribution in [-0.4, -0.2) is 29.8 Å². The number of likely N-dealkylation sites (N-methyl/N-ethyl adjacent to an activating group) is 1. The van der Waals surface area contributed by atoms with E-state index in [1.165, 1.54) is 12.3 Å². The molecule has 0 aromatic carbocycles. The molecule has 71 valence electrons. The lowest BCUT2D eigenvalue weighted by atomic mass is 10.4. The number of halogens is 1. The Bertz CT molecular complexity index is 268. The van der Waals surface area contributed by atoms with Crippen LogP contribution in [0.4, 0.5) is 10.2 Å². The molecule has 0 fully saturated rings. The van der Waals surface area contributed by atoms with Gasteiger partial charge in [0.05, 0.1) is 6.61 Å². The molecule has 0 amide bonds. The Balaban J connectivity index is 2.84. The first kappa shape index (κ1) is 9.92. The first-order chi connectivity index (χ1) is 6.29. The SMILES string of the molecule is CCN(CCO)c1ncc[c]c1F. The molecule has 0 aliphatic rings. The molecule has 1 N–H and O–H groups in total. The Labute approximate surface area is 76.8 Å². The van der Waals surface area contributed by atoms with Crippen LogP contribution in [0.5, 0.6) is 0 Å². The quantitative estimate of drug-likeness (QED) is 0.751. The van der Waals surface area contributed by atoms with Crippen LogP contribution in [0.2, 0.25) is 0 Å². The van der Waals surface area contributed by atoms with Gasteiger partial charge in [0.1, 0.15) is 0 Å². The minimum absolute atomic E-state index is 0.0101. The average Bonchev–Trinajstić information content (AvgIpc) is 2.16. The number of aliphatic hydroxyl groups excluding tert-OH is 1. The van der Waals surface area contributed by atoms with Gasteiger partial charge >= 0.3 is 0 Å². The summed E-state index contributed by atoms with van der Waals surface area (Å²) < 4.78 is 13.1. The van der Waals surface area contributed by atoms with Crippen molar-refractivity contribution in [3.8, 4) is 0 Å². The number of hydrogen-bond donors (Lipinski definition) is 1. The predicted molar refractivity (Wildman–Crippen MR) is 48.0 cm³/mol. The molecular weight excluding hydrogens is 171 g/mol. The van der Waals surface area contributed by atoms with Crippen molar-refractivity contribution in [2.45, 2.75) is 6.92 Å². The fourth-order valence-electron chi connectivity index (χ4n) is 1.09. The summed E-state index contributed by atoms with van der Waals surface area (Å²) in [7, 11) is 0. The molecule has 1 aromatic heterocycles. The second-order valence-electron chi connectivity index (χ2n) is 2.53. The molecule has 0 unspecified atom stereocenters. The van der Waals surface area contributed by atoms with Crippen LogP contribution in [0.3, 0.4) is 0 Å². The van der Waals surface area contributed by atoms with Gasteiger partial charge in [0.15, 0.2) is 11.6 Å². The Morgan fingerprint density at radius 2 is 2.46 bits per heavy atom. The van der Waals surface area contributed by atoms with E-state index in [1.807, 2.05) is 6.92 Å². The summed E-state index contributed by atoms with van der Waals surface area (Å²) in [6.07, 6.45) is 1.48. The maximum atomic E-state index is 13.1. The van der Waals surface area contributed by atoms with Gasteiger partial charge in [0.25, 0.3) is 0 Å². The van der Waals surface area contributed by atoms with Crippen molar-refractivity contribution in [2.24, 2.45) is 0 Å². The molecule has 4 heteroatoms. The molecule has 13 heavy (non-hydrogen) atoms. The number of aromatic nitrogens is 1. The number of anilines is 1. The number of rotatable bonds is 4. The molecule has 0 saturated heterocycles. The van der Waals surface area contributed by atoms with E-state index in [4.69, 9.17) is 5.11 Å². The highest BCUT2D eigenvalue weighted by Gasteiger charge is 2.09. The highest BCUT2D eigenvalue weighted by molar-refractivity contribution is 5.38. The van der Waals surface area contributed by atoms with Crippen molar-refractivity contribution in [3.63, 3.8) is 0 Å². The minimum atomic E-state index is -0.474. The standard InChI is InChI=1S/C9H12FN2O/c1-2-12(6-7-13)9-8(10)4-3-5-11-9/h3,5,13H,2,6-7H2,1H3. The number of hydrogen-bond acceptors (Lipinski definition) is 3. The van der Waals surface area contributed by atoms with Gasteiger partial charge in [0.2, 0.25) is 0 Å². The first-order valence-corrected chi connectivity index (χ1v) is 4.17. The fourth-order valence-corrected chi connectivity index (χ4v) is 1.09. The summed E-state index contributed by atoms with van der Waals surface area (Å²) in [6.45, 7) is 2.87. The van der Waals surface area contributed by atoms with E-state index < -0.39 is 5.82 Å². The van der Waals surface area contributed by atoms with Gasteiger partial charge in [0, 0.05) is 25.4 Å².